The van der Waals surface area contributed by atoms with E-state index in [4.69, 9.17) is 0 Å². The molecule has 0 aromatic heterocycles. The van der Waals surface area contributed by atoms with E-state index in [1.165, 1.54) is 55.3 Å². The Kier molecular flexibility index (Phi) is 12.3. The molecule has 0 aliphatic heterocycles. The fourth-order valence-corrected chi connectivity index (χ4v) is 7.06. The van der Waals surface area contributed by atoms with Crippen LogP contribution in [0.3, 0.4) is 0 Å². The lowest BCUT2D eigenvalue weighted by Gasteiger charge is -2.30. The first-order valence-corrected chi connectivity index (χ1v) is 18.6. The van der Waals surface area contributed by atoms with Crippen LogP contribution >= 0.6 is 0 Å². The fraction of sp³-hybridized carbons (Fsp3) is 0.115. The summed E-state index contributed by atoms with van der Waals surface area (Å²) in [5.41, 5.74) is 13.8. The Labute approximate surface area is 317 Å². The van der Waals surface area contributed by atoms with Gasteiger partial charge in [-0.1, -0.05) is 170 Å². The maximum absolute atomic E-state index is 4.61. The average Bonchev–Trinajstić information content (AvgIpc) is 3.25. The van der Waals surface area contributed by atoms with E-state index in [2.05, 4.69) is 227 Å². The molecule has 0 atom stereocenters. The summed E-state index contributed by atoms with van der Waals surface area (Å²) >= 11 is 0. The van der Waals surface area contributed by atoms with Crippen LogP contribution in [0.15, 0.2) is 206 Å². The smallest absolute Gasteiger partial charge is 0.0540 e. The summed E-state index contributed by atoms with van der Waals surface area (Å²) in [7, 11) is 0. The highest BCUT2D eigenvalue weighted by Crippen LogP contribution is 2.42. The Bertz CT molecular complexity index is 2310. The summed E-state index contributed by atoms with van der Waals surface area (Å²) in [6, 6.07) is 39.7. The van der Waals surface area contributed by atoms with Gasteiger partial charge in [-0.05, 0) is 120 Å². The first kappa shape index (κ1) is 36.6. The molecule has 1 nitrogen and oxygen atoms in total. The van der Waals surface area contributed by atoms with Crippen molar-refractivity contribution in [1.29, 1.82) is 0 Å². The third-order valence-corrected chi connectivity index (χ3v) is 9.62. The molecule has 1 aliphatic carbocycles. The second kappa shape index (κ2) is 17.8. The monoisotopic (exact) mass is 687 g/mol. The van der Waals surface area contributed by atoms with Gasteiger partial charge in [0.15, 0.2) is 0 Å². The largest absolute Gasteiger partial charge is 0.309 e. The molecule has 0 spiro atoms. The molecule has 262 valence electrons. The number of allylic oxidation sites excluding steroid dienone is 15. The molecule has 0 fully saturated rings. The van der Waals surface area contributed by atoms with Crippen LogP contribution in [0.5, 0.6) is 0 Å². The molecule has 0 bridgehead atoms. The minimum atomic E-state index is 0.871. The Morgan fingerprint density at radius 1 is 0.660 bits per heavy atom. The van der Waals surface area contributed by atoms with Gasteiger partial charge in [0.1, 0.15) is 0 Å². The summed E-state index contributed by atoms with van der Waals surface area (Å²) in [5, 5.41) is 2.39. The molecule has 0 saturated heterocycles. The van der Waals surface area contributed by atoms with Gasteiger partial charge in [-0.15, -0.1) is 0 Å². The maximum Gasteiger partial charge on any atom is 0.0540 e. The molecule has 0 radical (unpaired) electrons. The van der Waals surface area contributed by atoms with Gasteiger partial charge in [0.25, 0.3) is 0 Å². The topological polar surface area (TPSA) is 3.24 Å². The normalized spacial score (nSPS) is 16.1. The Hall–Kier alpha value is -6.18. The molecule has 0 amide bonds. The first-order valence-electron chi connectivity index (χ1n) is 18.6. The lowest BCUT2D eigenvalue weighted by molar-refractivity contribution is 1.19. The van der Waals surface area contributed by atoms with E-state index >= 15 is 0 Å². The van der Waals surface area contributed by atoms with E-state index in [1.54, 1.807) is 0 Å². The average molecular weight is 688 g/mol. The molecule has 5 aromatic rings. The van der Waals surface area contributed by atoms with Crippen molar-refractivity contribution in [3.63, 3.8) is 0 Å². The third-order valence-electron chi connectivity index (χ3n) is 9.62. The van der Waals surface area contributed by atoms with Gasteiger partial charge in [-0.3, -0.25) is 0 Å². The van der Waals surface area contributed by atoms with Crippen molar-refractivity contribution in [1.82, 2.24) is 0 Å². The van der Waals surface area contributed by atoms with Crippen LogP contribution in [-0.4, -0.2) is 0 Å². The van der Waals surface area contributed by atoms with Crippen molar-refractivity contribution in [2.75, 3.05) is 4.90 Å². The molecule has 1 heteroatoms. The number of nitrogens with zero attached hydrogens (tertiary/aromatic N) is 1. The lowest BCUT2D eigenvalue weighted by atomic mass is 9.87. The van der Waals surface area contributed by atoms with Crippen LogP contribution in [0.4, 0.5) is 11.4 Å². The zero-order valence-corrected chi connectivity index (χ0v) is 31.5. The summed E-state index contributed by atoms with van der Waals surface area (Å²) in [5.74, 6) is 0. The van der Waals surface area contributed by atoms with Crippen LogP contribution in [0.25, 0.3) is 44.2 Å². The maximum atomic E-state index is 4.61. The third kappa shape index (κ3) is 8.32. The molecule has 0 saturated carbocycles. The minimum absolute atomic E-state index is 0.871. The molecular formula is C52H49N. The van der Waals surface area contributed by atoms with E-state index in [0.717, 1.165) is 35.5 Å². The van der Waals surface area contributed by atoms with Crippen molar-refractivity contribution < 1.29 is 0 Å². The molecule has 0 N–H and O–H groups in total. The van der Waals surface area contributed by atoms with E-state index in [-0.39, 0.29) is 0 Å². The zero-order chi connectivity index (χ0) is 37.0. The fourth-order valence-electron chi connectivity index (χ4n) is 7.06. The summed E-state index contributed by atoms with van der Waals surface area (Å²) in [4.78, 5) is 2.38. The van der Waals surface area contributed by atoms with Gasteiger partial charge >= 0.3 is 0 Å². The number of hydrogen-bond acceptors (Lipinski definition) is 1. The van der Waals surface area contributed by atoms with Gasteiger partial charge in [0, 0.05) is 11.1 Å². The Morgan fingerprint density at radius 2 is 1.34 bits per heavy atom. The van der Waals surface area contributed by atoms with E-state index in [0.29, 0.717) is 0 Å². The van der Waals surface area contributed by atoms with Gasteiger partial charge in [0.2, 0.25) is 0 Å². The lowest BCUT2D eigenvalue weighted by Crippen LogP contribution is -2.18. The Morgan fingerprint density at radius 3 is 2.04 bits per heavy atom. The van der Waals surface area contributed by atoms with Crippen LogP contribution in [-0.2, 0) is 0 Å². The van der Waals surface area contributed by atoms with Gasteiger partial charge in [-0.2, -0.15) is 0 Å². The molecule has 6 rings (SSSR count). The van der Waals surface area contributed by atoms with Crippen molar-refractivity contribution in [2.45, 2.75) is 40.5 Å². The van der Waals surface area contributed by atoms with Crippen molar-refractivity contribution >= 4 is 33.3 Å². The predicted molar refractivity (Wildman–Crippen MR) is 234 cm³/mol. The number of fused-ring (bicyclic) bond motifs is 1. The number of hydrogen-bond donors (Lipinski definition) is 0. The first-order chi connectivity index (χ1) is 26.0. The van der Waals surface area contributed by atoms with Crippen molar-refractivity contribution in [3.05, 3.63) is 217 Å². The zero-order valence-electron chi connectivity index (χ0n) is 31.5. The van der Waals surface area contributed by atoms with E-state index in [9.17, 15) is 0 Å². The van der Waals surface area contributed by atoms with E-state index < -0.39 is 0 Å². The molecule has 53 heavy (non-hydrogen) atoms. The Balaban J connectivity index is 1.56. The minimum Gasteiger partial charge on any atom is -0.309 e. The van der Waals surface area contributed by atoms with E-state index in [1.807, 2.05) is 0 Å². The molecule has 1 aliphatic rings. The molecule has 0 unspecified atom stereocenters. The van der Waals surface area contributed by atoms with Gasteiger partial charge in [0.05, 0.1) is 11.4 Å². The second-order valence-corrected chi connectivity index (χ2v) is 13.1. The number of benzene rings is 5. The van der Waals surface area contributed by atoms with Crippen molar-refractivity contribution in [2.24, 2.45) is 0 Å². The highest BCUT2D eigenvalue weighted by Gasteiger charge is 2.21. The standard InChI is InChI=1S/C52H49N/c1-6-9-24-40(5)52-46(42-26-17-15-18-27-42)30-22-31-47(52)43-33-35-44(36-34-43)53(50-32-19-14-12-10-11-13-16-25-39(50)4)51-38-37-45(41(8-3)23-7-2)48-28-20-21-29-49(48)51/h6-11,14-38H,4,12-13H2,1-3,5H3/b9-6-,11-10-,19-14-,23-7-,25-16-,40-24+,41-8+,50-32?. The molecule has 0 heterocycles. The van der Waals surface area contributed by atoms with Crippen LogP contribution in [0.1, 0.15) is 51.7 Å². The molecular weight excluding hydrogens is 639 g/mol. The van der Waals surface area contributed by atoms with Crippen molar-refractivity contribution in [3.8, 4) is 22.3 Å². The van der Waals surface area contributed by atoms with Crippen LogP contribution in [0.2, 0.25) is 0 Å². The number of anilines is 2. The SMILES string of the molecule is C=C1/C=C\C/C=C\C/C=C\C=C1N(c1ccc(-c2cccc(-c3ccccc3)c2/C(C)=C/C=C\C)cc1)c1ccc(C(/C=C\C)=C/C)c2ccccc12. The second-order valence-electron chi connectivity index (χ2n) is 13.1. The summed E-state index contributed by atoms with van der Waals surface area (Å²) in [6.45, 7) is 13.1. The highest BCUT2D eigenvalue weighted by atomic mass is 15.2. The summed E-state index contributed by atoms with van der Waals surface area (Å²) in [6.07, 6.45) is 30.0. The highest BCUT2D eigenvalue weighted by molar-refractivity contribution is 6.04. The summed E-state index contributed by atoms with van der Waals surface area (Å²) < 4.78 is 0. The van der Waals surface area contributed by atoms with Gasteiger partial charge < -0.3 is 4.90 Å². The number of rotatable bonds is 9. The van der Waals surface area contributed by atoms with Crippen LogP contribution in [0, 0.1) is 0 Å². The van der Waals surface area contributed by atoms with Crippen LogP contribution < -0.4 is 4.90 Å². The molecule has 5 aromatic carbocycles. The van der Waals surface area contributed by atoms with Gasteiger partial charge in [-0.25, -0.2) is 0 Å². The quantitative estimate of drug-likeness (QED) is 0.110. The predicted octanol–water partition coefficient (Wildman–Crippen LogP) is 15.2.